The first kappa shape index (κ1) is 26.4. The number of ether oxygens (including phenoxy) is 2. The molecule has 2 amide bonds. The van der Waals surface area contributed by atoms with Crippen molar-refractivity contribution in [2.24, 2.45) is 0 Å². The van der Waals surface area contributed by atoms with Crippen molar-refractivity contribution in [1.29, 1.82) is 0 Å². The number of anilines is 2. The summed E-state index contributed by atoms with van der Waals surface area (Å²) in [5.41, 5.74) is 1.90. The highest BCUT2D eigenvalue weighted by Gasteiger charge is 2.33. The van der Waals surface area contributed by atoms with E-state index in [1.807, 2.05) is 11.8 Å². The molecular formula is C23H28FN3O7S. The molecule has 2 saturated heterocycles. The molecule has 0 unspecified atom stereocenters. The van der Waals surface area contributed by atoms with Crippen LogP contribution in [0.5, 0.6) is 0 Å². The molecule has 2 N–H and O–H groups in total. The van der Waals surface area contributed by atoms with Crippen LogP contribution in [0.25, 0.3) is 0 Å². The van der Waals surface area contributed by atoms with Gasteiger partial charge in [0.05, 0.1) is 42.6 Å². The molecule has 4 rings (SSSR count). The van der Waals surface area contributed by atoms with Gasteiger partial charge in [0.15, 0.2) is 0 Å². The fourth-order valence-corrected chi connectivity index (χ4v) is 4.01. The third kappa shape index (κ3) is 7.38. The van der Waals surface area contributed by atoms with Crippen molar-refractivity contribution in [2.45, 2.75) is 24.8 Å². The van der Waals surface area contributed by atoms with E-state index in [1.165, 1.54) is 30.0 Å². The number of halogens is 1. The van der Waals surface area contributed by atoms with Crippen LogP contribution in [-0.2, 0) is 24.4 Å². The van der Waals surface area contributed by atoms with E-state index in [0.717, 1.165) is 5.56 Å². The Kier molecular flexibility index (Phi) is 8.65. The standard InChI is InChI=1S/C16H20FN3O4.C7H8O3S/c1-11(21)18-9-13-10-20(16(22)24-13)12-2-3-15(14(17)8-12)19-4-6-23-7-5-19;1-6-2-4-7(5-3-6)11(8,9)10/h2-3,8,13H,4-7,9-10H2,1H3,(H,18,21);2-5H,1H3,(H,8,9,10)/t13-;/m0./s1. The summed E-state index contributed by atoms with van der Waals surface area (Å²) in [6.45, 7) is 6.18. The summed E-state index contributed by atoms with van der Waals surface area (Å²) in [5, 5.41) is 2.61. The Balaban J connectivity index is 0.000000261. The zero-order valence-electron chi connectivity index (χ0n) is 19.4. The number of carbonyl (C=O) groups is 2. The molecule has 190 valence electrons. The predicted octanol–water partition coefficient (Wildman–Crippen LogP) is 2.37. The lowest BCUT2D eigenvalue weighted by atomic mass is 10.2. The normalized spacial score (nSPS) is 17.9. The van der Waals surface area contributed by atoms with Crippen molar-refractivity contribution in [3.8, 4) is 0 Å². The molecule has 2 heterocycles. The lowest BCUT2D eigenvalue weighted by Crippen LogP contribution is -2.36. The molecule has 0 saturated carbocycles. The van der Waals surface area contributed by atoms with Crippen LogP contribution in [0, 0.1) is 12.7 Å². The topological polar surface area (TPSA) is 125 Å². The van der Waals surface area contributed by atoms with Crippen LogP contribution in [0.4, 0.5) is 20.6 Å². The average molecular weight is 510 g/mol. The molecule has 2 aromatic carbocycles. The van der Waals surface area contributed by atoms with E-state index in [1.54, 1.807) is 24.3 Å². The molecule has 2 aliphatic heterocycles. The Hall–Kier alpha value is -3.22. The maximum absolute atomic E-state index is 14.4. The molecule has 0 bridgehead atoms. The van der Waals surface area contributed by atoms with Gasteiger partial charge < -0.3 is 19.7 Å². The van der Waals surface area contributed by atoms with Gasteiger partial charge in [0, 0.05) is 20.0 Å². The second kappa shape index (κ2) is 11.5. The Morgan fingerprint density at radius 2 is 1.83 bits per heavy atom. The Labute approximate surface area is 203 Å². The first-order chi connectivity index (χ1) is 16.5. The molecule has 12 heteroatoms. The van der Waals surface area contributed by atoms with Gasteiger partial charge in [-0.15, -0.1) is 0 Å². The second-order valence-corrected chi connectivity index (χ2v) is 9.50. The van der Waals surface area contributed by atoms with Crippen molar-refractivity contribution in [3.05, 3.63) is 53.8 Å². The van der Waals surface area contributed by atoms with E-state index in [9.17, 15) is 22.4 Å². The summed E-state index contributed by atoms with van der Waals surface area (Å²) in [4.78, 5) is 26.1. The number of rotatable bonds is 5. The molecule has 2 aromatic rings. The summed E-state index contributed by atoms with van der Waals surface area (Å²) >= 11 is 0. The Bertz CT molecular complexity index is 1150. The number of aryl methyl sites for hydroxylation is 1. The quantitative estimate of drug-likeness (QED) is 0.589. The number of hydrogen-bond acceptors (Lipinski definition) is 7. The largest absolute Gasteiger partial charge is 0.442 e. The molecule has 10 nitrogen and oxygen atoms in total. The van der Waals surface area contributed by atoms with Gasteiger partial charge in [-0.2, -0.15) is 8.42 Å². The molecule has 0 radical (unpaired) electrons. The highest BCUT2D eigenvalue weighted by molar-refractivity contribution is 7.85. The summed E-state index contributed by atoms with van der Waals surface area (Å²) in [6.07, 6.45) is -0.979. The minimum Gasteiger partial charge on any atom is -0.442 e. The summed E-state index contributed by atoms with van der Waals surface area (Å²) in [5.74, 6) is -0.571. The average Bonchev–Trinajstić information content (AvgIpc) is 3.19. The van der Waals surface area contributed by atoms with Crippen LogP contribution in [0.15, 0.2) is 47.4 Å². The molecule has 0 spiro atoms. The Morgan fingerprint density at radius 3 is 2.40 bits per heavy atom. The summed E-state index contributed by atoms with van der Waals surface area (Å²) in [7, 11) is -4.02. The van der Waals surface area contributed by atoms with E-state index < -0.39 is 22.3 Å². The second-order valence-electron chi connectivity index (χ2n) is 8.08. The van der Waals surface area contributed by atoms with E-state index in [-0.39, 0.29) is 29.7 Å². The molecule has 35 heavy (non-hydrogen) atoms. The zero-order valence-corrected chi connectivity index (χ0v) is 20.3. The van der Waals surface area contributed by atoms with Crippen molar-refractivity contribution >= 4 is 33.5 Å². The van der Waals surface area contributed by atoms with E-state index >= 15 is 0 Å². The van der Waals surface area contributed by atoms with Gasteiger partial charge >= 0.3 is 6.09 Å². The summed E-state index contributed by atoms with van der Waals surface area (Å²) < 4.78 is 54.5. The number of carbonyl (C=O) groups excluding carboxylic acids is 2. The van der Waals surface area contributed by atoms with Crippen LogP contribution in [0.3, 0.4) is 0 Å². The van der Waals surface area contributed by atoms with Gasteiger partial charge in [0.2, 0.25) is 5.91 Å². The van der Waals surface area contributed by atoms with Crippen molar-refractivity contribution in [1.82, 2.24) is 5.32 Å². The van der Waals surface area contributed by atoms with E-state index in [2.05, 4.69) is 5.32 Å². The molecular weight excluding hydrogens is 481 g/mol. The van der Waals surface area contributed by atoms with Gasteiger partial charge in [0.1, 0.15) is 11.9 Å². The lowest BCUT2D eigenvalue weighted by molar-refractivity contribution is -0.119. The Morgan fingerprint density at radius 1 is 1.17 bits per heavy atom. The first-order valence-electron chi connectivity index (χ1n) is 10.9. The lowest BCUT2D eigenvalue weighted by Gasteiger charge is -2.29. The highest BCUT2D eigenvalue weighted by Crippen LogP contribution is 2.28. The highest BCUT2D eigenvalue weighted by atomic mass is 32.2. The minimum absolute atomic E-state index is 0.0666. The number of amides is 2. The van der Waals surface area contributed by atoms with Crippen molar-refractivity contribution in [3.63, 3.8) is 0 Å². The van der Waals surface area contributed by atoms with Crippen LogP contribution < -0.4 is 15.1 Å². The number of morpholine rings is 1. The monoisotopic (exact) mass is 509 g/mol. The third-order valence-electron chi connectivity index (χ3n) is 5.37. The number of nitrogens with zero attached hydrogens (tertiary/aromatic N) is 2. The molecule has 1 atom stereocenters. The van der Waals surface area contributed by atoms with Crippen LogP contribution >= 0.6 is 0 Å². The van der Waals surface area contributed by atoms with Crippen LogP contribution in [0.2, 0.25) is 0 Å². The fourth-order valence-electron chi connectivity index (χ4n) is 3.53. The van der Waals surface area contributed by atoms with Crippen molar-refractivity contribution < 1.29 is 36.4 Å². The van der Waals surface area contributed by atoms with Gasteiger partial charge in [-0.05, 0) is 37.3 Å². The molecule has 2 aliphatic rings. The number of benzene rings is 2. The number of cyclic esters (lactones) is 1. The number of nitrogens with one attached hydrogen (secondary N) is 1. The summed E-state index contributed by atoms with van der Waals surface area (Å²) in [6, 6.07) is 10.7. The zero-order chi connectivity index (χ0) is 25.6. The minimum atomic E-state index is -4.02. The van der Waals surface area contributed by atoms with Crippen molar-refractivity contribution in [2.75, 3.05) is 49.2 Å². The number of hydrogen-bond donors (Lipinski definition) is 2. The molecule has 0 aliphatic carbocycles. The van der Waals surface area contributed by atoms with Gasteiger partial charge in [-0.1, -0.05) is 17.7 Å². The maximum atomic E-state index is 14.4. The SMILES string of the molecule is CC(=O)NC[C@H]1CN(c2ccc(N3CCOCC3)c(F)c2)C(=O)O1.Cc1ccc(S(=O)(=O)O)cc1. The smallest absolute Gasteiger partial charge is 0.414 e. The molecule has 0 aromatic heterocycles. The van der Waals surface area contributed by atoms with E-state index in [0.29, 0.717) is 37.7 Å². The van der Waals surface area contributed by atoms with Gasteiger partial charge in [0.25, 0.3) is 10.1 Å². The van der Waals surface area contributed by atoms with E-state index in [4.69, 9.17) is 14.0 Å². The molecule has 2 fully saturated rings. The first-order valence-corrected chi connectivity index (χ1v) is 12.4. The van der Waals surface area contributed by atoms with Crippen LogP contribution in [0.1, 0.15) is 12.5 Å². The maximum Gasteiger partial charge on any atom is 0.414 e. The third-order valence-corrected chi connectivity index (χ3v) is 6.23. The van der Waals surface area contributed by atoms with Gasteiger partial charge in [-0.3, -0.25) is 14.2 Å². The van der Waals surface area contributed by atoms with Gasteiger partial charge in [-0.25, -0.2) is 9.18 Å². The predicted molar refractivity (Wildman–Crippen MR) is 127 cm³/mol. The fraction of sp³-hybridized carbons (Fsp3) is 0.391. The van der Waals surface area contributed by atoms with Crippen LogP contribution in [-0.4, -0.2) is 70.5 Å².